The van der Waals surface area contributed by atoms with Gasteiger partial charge in [0, 0.05) is 10.4 Å². The van der Waals surface area contributed by atoms with Crippen molar-refractivity contribution in [1.29, 1.82) is 0 Å². The van der Waals surface area contributed by atoms with Crippen molar-refractivity contribution >= 4 is 28.9 Å². The number of benzene rings is 1. The quantitative estimate of drug-likeness (QED) is 0.924. The Bertz CT molecular complexity index is 830. The third-order valence-electron chi connectivity index (χ3n) is 4.03. The highest BCUT2D eigenvalue weighted by Crippen LogP contribution is 2.39. The molecule has 0 saturated carbocycles. The first-order chi connectivity index (χ1) is 11.3. The highest BCUT2D eigenvalue weighted by molar-refractivity contribution is 7.11. The molecular formula is C17H18N2O4S. The van der Waals surface area contributed by atoms with Gasteiger partial charge in [0.1, 0.15) is 11.8 Å². The second-order valence-electron chi connectivity index (χ2n) is 5.80. The van der Waals surface area contributed by atoms with Crippen molar-refractivity contribution in [3.8, 4) is 17.0 Å². The van der Waals surface area contributed by atoms with Crippen molar-refractivity contribution < 1.29 is 19.4 Å². The molecule has 2 unspecified atom stereocenters. The Morgan fingerprint density at radius 1 is 1.42 bits per heavy atom. The lowest BCUT2D eigenvalue weighted by atomic mass is 10.1. The van der Waals surface area contributed by atoms with Gasteiger partial charge in [-0.05, 0) is 45.9 Å². The summed E-state index contributed by atoms with van der Waals surface area (Å²) in [5.41, 5.74) is 2.15. The summed E-state index contributed by atoms with van der Waals surface area (Å²) < 4.78 is 5.63. The number of carbonyl (C=O) groups is 2. The molecule has 0 fully saturated rings. The number of nitrogens with zero attached hydrogens (tertiary/aromatic N) is 2. The summed E-state index contributed by atoms with van der Waals surface area (Å²) in [4.78, 5) is 30.8. The van der Waals surface area contributed by atoms with Crippen LogP contribution in [0.4, 0.5) is 5.69 Å². The molecule has 0 radical (unpaired) electrons. The van der Waals surface area contributed by atoms with Crippen LogP contribution >= 0.6 is 11.3 Å². The van der Waals surface area contributed by atoms with Gasteiger partial charge in [0.05, 0.1) is 16.4 Å². The summed E-state index contributed by atoms with van der Waals surface area (Å²) in [7, 11) is 0. The number of carboxylic acids is 1. The molecule has 1 aliphatic rings. The Labute approximate surface area is 143 Å². The van der Waals surface area contributed by atoms with E-state index >= 15 is 0 Å². The van der Waals surface area contributed by atoms with Gasteiger partial charge < -0.3 is 9.84 Å². The fourth-order valence-corrected chi connectivity index (χ4v) is 3.65. The van der Waals surface area contributed by atoms with Crippen LogP contribution in [0.3, 0.4) is 0 Å². The Balaban J connectivity index is 2.14. The Kier molecular flexibility index (Phi) is 4.04. The number of thiazole rings is 1. The molecule has 3 rings (SSSR count). The number of hydrogen-bond acceptors (Lipinski definition) is 5. The van der Waals surface area contributed by atoms with Crippen molar-refractivity contribution in [3.05, 3.63) is 28.1 Å². The maximum Gasteiger partial charge on any atom is 0.326 e. The first-order valence-electron chi connectivity index (χ1n) is 7.60. The molecule has 0 spiro atoms. The summed E-state index contributed by atoms with van der Waals surface area (Å²) in [5, 5.41) is 10.3. The van der Waals surface area contributed by atoms with E-state index < -0.39 is 18.1 Å². The lowest BCUT2D eigenvalue weighted by Gasteiger charge is -2.35. The fourth-order valence-electron chi connectivity index (χ4n) is 2.81. The smallest absolute Gasteiger partial charge is 0.326 e. The van der Waals surface area contributed by atoms with E-state index in [1.54, 1.807) is 30.4 Å². The number of aryl methyl sites for hydroxylation is 2. The van der Waals surface area contributed by atoms with Crippen LogP contribution in [0.2, 0.25) is 0 Å². The highest BCUT2D eigenvalue weighted by Gasteiger charge is 2.37. The predicted octanol–water partition coefficient (Wildman–Crippen LogP) is 3.01. The second kappa shape index (κ2) is 5.90. The van der Waals surface area contributed by atoms with E-state index in [-0.39, 0.29) is 5.91 Å². The number of fused-ring (bicyclic) bond motifs is 1. The van der Waals surface area contributed by atoms with Crippen LogP contribution < -0.4 is 9.64 Å². The van der Waals surface area contributed by atoms with Crippen molar-refractivity contribution in [2.24, 2.45) is 0 Å². The Morgan fingerprint density at radius 3 is 2.71 bits per heavy atom. The normalized spacial score (nSPS) is 18.1. The van der Waals surface area contributed by atoms with Gasteiger partial charge in [-0.15, -0.1) is 11.3 Å². The number of amides is 1. The van der Waals surface area contributed by atoms with Crippen molar-refractivity contribution in [3.63, 3.8) is 0 Å². The van der Waals surface area contributed by atoms with Crippen LogP contribution in [-0.2, 0) is 9.59 Å². The summed E-state index contributed by atoms with van der Waals surface area (Å²) in [6.07, 6.45) is -0.714. The average Bonchev–Trinajstić information content (AvgIpc) is 2.86. The van der Waals surface area contributed by atoms with Gasteiger partial charge in [0.25, 0.3) is 5.91 Å². The Morgan fingerprint density at radius 2 is 2.12 bits per heavy atom. The molecule has 0 aliphatic carbocycles. The molecule has 2 atom stereocenters. The molecule has 7 heteroatoms. The van der Waals surface area contributed by atoms with Crippen LogP contribution in [-0.4, -0.2) is 34.1 Å². The fraction of sp³-hybridized carbons (Fsp3) is 0.353. The third kappa shape index (κ3) is 2.65. The monoisotopic (exact) mass is 346 g/mol. The molecule has 24 heavy (non-hydrogen) atoms. The molecule has 1 aromatic heterocycles. The first-order valence-corrected chi connectivity index (χ1v) is 8.42. The molecule has 1 N–H and O–H groups in total. The molecular weight excluding hydrogens is 328 g/mol. The molecule has 126 valence electrons. The minimum Gasteiger partial charge on any atom is -0.480 e. The summed E-state index contributed by atoms with van der Waals surface area (Å²) in [6, 6.07) is 4.45. The summed E-state index contributed by atoms with van der Waals surface area (Å²) in [5.74, 6) is -0.918. The van der Waals surface area contributed by atoms with E-state index in [4.69, 9.17) is 4.74 Å². The molecule has 2 aromatic rings. The van der Waals surface area contributed by atoms with Crippen LogP contribution in [0.25, 0.3) is 11.3 Å². The number of carbonyl (C=O) groups excluding carboxylic acids is 1. The average molecular weight is 346 g/mol. The lowest BCUT2D eigenvalue weighted by molar-refractivity contribution is -0.140. The number of rotatable bonds is 3. The Hall–Kier alpha value is -2.41. The largest absolute Gasteiger partial charge is 0.480 e. The molecule has 6 nitrogen and oxygen atoms in total. The number of ether oxygens (including phenoxy) is 1. The molecule has 0 bridgehead atoms. The minimum absolute atomic E-state index is 0.360. The minimum atomic E-state index is -1.06. The first kappa shape index (κ1) is 16.4. The van der Waals surface area contributed by atoms with Gasteiger partial charge in [0.15, 0.2) is 6.10 Å². The van der Waals surface area contributed by atoms with Gasteiger partial charge in [-0.3, -0.25) is 9.69 Å². The van der Waals surface area contributed by atoms with Crippen LogP contribution in [0.1, 0.15) is 23.7 Å². The van der Waals surface area contributed by atoms with Crippen LogP contribution in [0, 0.1) is 13.8 Å². The zero-order valence-corrected chi connectivity index (χ0v) is 14.7. The van der Waals surface area contributed by atoms with Crippen LogP contribution in [0.15, 0.2) is 18.2 Å². The third-order valence-corrected chi connectivity index (χ3v) is 4.92. The molecule has 1 aromatic carbocycles. The maximum atomic E-state index is 12.5. The van der Waals surface area contributed by atoms with E-state index in [9.17, 15) is 14.7 Å². The summed E-state index contributed by atoms with van der Waals surface area (Å²) >= 11 is 1.60. The van der Waals surface area contributed by atoms with E-state index in [2.05, 4.69) is 4.98 Å². The molecule has 0 saturated heterocycles. The maximum absolute atomic E-state index is 12.5. The number of anilines is 1. The number of hydrogen-bond donors (Lipinski definition) is 1. The van der Waals surface area contributed by atoms with Gasteiger partial charge in [0.2, 0.25) is 0 Å². The highest BCUT2D eigenvalue weighted by atomic mass is 32.1. The van der Waals surface area contributed by atoms with E-state index in [1.165, 1.54) is 11.8 Å². The second-order valence-corrected chi connectivity index (χ2v) is 7.21. The van der Waals surface area contributed by atoms with Crippen molar-refractivity contribution in [2.75, 3.05) is 4.90 Å². The topological polar surface area (TPSA) is 79.7 Å². The standard InChI is InChI=1S/C17H18N2O4S/c1-8(17(21)22)19-13-7-12(15-10(3)24-11(4)18-15)5-6-14(13)23-9(2)16(19)20/h5-9H,1-4H3,(H,21,22). The van der Waals surface area contributed by atoms with Gasteiger partial charge >= 0.3 is 5.97 Å². The molecule has 1 amide bonds. The SMILES string of the molecule is Cc1nc(-c2ccc3c(c2)N(C(C)C(=O)O)C(=O)C(C)O3)c(C)s1. The van der Waals surface area contributed by atoms with Crippen molar-refractivity contribution in [1.82, 2.24) is 4.98 Å². The van der Waals surface area contributed by atoms with Crippen molar-refractivity contribution in [2.45, 2.75) is 39.8 Å². The van der Waals surface area contributed by atoms with Gasteiger partial charge in [-0.1, -0.05) is 0 Å². The van der Waals surface area contributed by atoms with E-state index in [1.807, 2.05) is 19.9 Å². The molecule has 1 aliphatic heterocycles. The molecule has 2 heterocycles. The lowest BCUT2D eigenvalue weighted by Crippen LogP contribution is -2.51. The number of aliphatic carboxylic acids is 1. The van der Waals surface area contributed by atoms with Gasteiger partial charge in [-0.25, -0.2) is 9.78 Å². The zero-order valence-electron chi connectivity index (χ0n) is 13.9. The van der Waals surface area contributed by atoms with E-state index in [0.29, 0.717) is 11.4 Å². The van der Waals surface area contributed by atoms with E-state index in [0.717, 1.165) is 21.1 Å². The zero-order chi connectivity index (χ0) is 17.6. The number of aromatic nitrogens is 1. The van der Waals surface area contributed by atoms with Crippen LogP contribution in [0.5, 0.6) is 5.75 Å². The summed E-state index contributed by atoms with van der Waals surface area (Å²) in [6.45, 7) is 7.04. The van der Waals surface area contributed by atoms with Gasteiger partial charge in [-0.2, -0.15) is 0 Å². The predicted molar refractivity (Wildman–Crippen MR) is 91.7 cm³/mol. The number of carboxylic acid groups (broad SMARTS) is 1.